The van der Waals surface area contributed by atoms with Crippen LogP contribution in [0.1, 0.15) is 27.6 Å². The van der Waals surface area contributed by atoms with Gasteiger partial charge in [-0.1, -0.05) is 24.3 Å². The molecule has 0 aromatic heterocycles. The average molecular weight is 259 g/mol. The number of carbonyl (C=O) groups is 1. The van der Waals surface area contributed by atoms with E-state index in [2.05, 4.69) is 5.32 Å². The molecule has 3 nitrogen and oxygen atoms in total. The lowest BCUT2D eigenvalue weighted by molar-refractivity contribution is 0.0963. The Morgan fingerprint density at radius 2 is 1.84 bits per heavy atom. The first-order valence-corrected chi connectivity index (χ1v) is 5.87. The van der Waals surface area contributed by atoms with Crippen molar-refractivity contribution in [3.8, 4) is 0 Å². The molecule has 0 aliphatic heterocycles. The highest BCUT2D eigenvalue weighted by molar-refractivity contribution is 5.94. The molecule has 0 fully saturated rings. The summed E-state index contributed by atoms with van der Waals surface area (Å²) in [5.41, 5.74) is 1.64. The van der Waals surface area contributed by atoms with Crippen molar-refractivity contribution in [2.75, 3.05) is 7.05 Å². The van der Waals surface area contributed by atoms with E-state index in [9.17, 15) is 14.3 Å². The van der Waals surface area contributed by atoms with Crippen LogP contribution in [-0.4, -0.2) is 18.1 Å². The SMILES string of the molecule is CNC(=O)c1cccc(C(O)c2ccc(F)cc2)c1. The lowest BCUT2D eigenvalue weighted by atomic mass is 9.99. The summed E-state index contributed by atoms with van der Waals surface area (Å²) in [5.74, 6) is -0.566. The fourth-order valence-corrected chi connectivity index (χ4v) is 1.83. The summed E-state index contributed by atoms with van der Waals surface area (Å²) < 4.78 is 12.8. The maximum absolute atomic E-state index is 12.8. The van der Waals surface area contributed by atoms with Crippen molar-refractivity contribution in [2.24, 2.45) is 0 Å². The first-order chi connectivity index (χ1) is 9.11. The molecule has 1 unspecified atom stereocenters. The summed E-state index contributed by atoms with van der Waals surface area (Å²) in [6.45, 7) is 0. The summed E-state index contributed by atoms with van der Waals surface area (Å²) in [4.78, 5) is 11.5. The zero-order chi connectivity index (χ0) is 13.8. The van der Waals surface area contributed by atoms with Gasteiger partial charge >= 0.3 is 0 Å². The molecule has 0 heterocycles. The first-order valence-electron chi connectivity index (χ1n) is 5.87. The highest BCUT2D eigenvalue weighted by Crippen LogP contribution is 2.22. The fraction of sp³-hybridized carbons (Fsp3) is 0.133. The number of aliphatic hydroxyl groups excluding tert-OH is 1. The second-order valence-electron chi connectivity index (χ2n) is 4.16. The molecule has 0 aliphatic rings. The third kappa shape index (κ3) is 2.98. The van der Waals surface area contributed by atoms with Crippen LogP contribution >= 0.6 is 0 Å². The van der Waals surface area contributed by atoms with Gasteiger partial charge in [-0.2, -0.15) is 0 Å². The van der Waals surface area contributed by atoms with E-state index in [0.717, 1.165) is 0 Å². The molecule has 2 aromatic carbocycles. The monoisotopic (exact) mass is 259 g/mol. The van der Waals surface area contributed by atoms with Crippen LogP contribution in [0.4, 0.5) is 4.39 Å². The van der Waals surface area contributed by atoms with E-state index < -0.39 is 6.10 Å². The standard InChI is InChI=1S/C15H14FNO2/c1-17-15(19)12-4-2-3-11(9-12)14(18)10-5-7-13(16)8-6-10/h2-9,14,18H,1H3,(H,17,19). The largest absolute Gasteiger partial charge is 0.384 e. The molecule has 0 bridgehead atoms. The maximum Gasteiger partial charge on any atom is 0.251 e. The molecule has 1 atom stereocenters. The Hall–Kier alpha value is -2.20. The van der Waals surface area contributed by atoms with Crippen molar-refractivity contribution in [3.05, 3.63) is 71.0 Å². The minimum absolute atomic E-state index is 0.215. The van der Waals surface area contributed by atoms with Gasteiger partial charge in [0, 0.05) is 12.6 Å². The van der Waals surface area contributed by atoms with Crippen LogP contribution in [-0.2, 0) is 0 Å². The smallest absolute Gasteiger partial charge is 0.251 e. The number of carbonyl (C=O) groups excluding carboxylic acids is 1. The van der Waals surface area contributed by atoms with Crippen molar-refractivity contribution in [1.82, 2.24) is 5.32 Å². The highest BCUT2D eigenvalue weighted by Gasteiger charge is 2.12. The fourth-order valence-electron chi connectivity index (χ4n) is 1.83. The number of amides is 1. The van der Waals surface area contributed by atoms with E-state index in [1.807, 2.05) is 0 Å². The van der Waals surface area contributed by atoms with E-state index in [1.165, 1.54) is 24.3 Å². The molecule has 2 N–H and O–H groups in total. The van der Waals surface area contributed by atoms with Crippen molar-refractivity contribution < 1.29 is 14.3 Å². The molecule has 2 aromatic rings. The summed E-state index contributed by atoms with van der Waals surface area (Å²) in [5, 5.41) is 12.7. The minimum atomic E-state index is -0.884. The molecule has 19 heavy (non-hydrogen) atoms. The number of hydrogen-bond acceptors (Lipinski definition) is 2. The zero-order valence-electron chi connectivity index (χ0n) is 10.4. The predicted octanol–water partition coefficient (Wildman–Crippen LogP) is 2.27. The number of benzene rings is 2. The number of rotatable bonds is 3. The normalized spacial score (nSPS) is 11.9. The molecule has 2 rings (SSSR count). The molecular weight excluding hydrogens is 245 g/mol. The summed E-state index contributed by atoms with van der Waals surface area (Å²) >= 11 is 0. The van der Waals surface area contributed by atoms with E-state index >= 15 is 0 Å². The van der Waals surface area contributed by atoms with Crippen molar-refractivity contribution in [2.45, 2.75) is 6.10 Å². The summed E-state index contributed by atoms with van der Waals surface area (Å²) in [7, 11) is 1.55. The molecule has 4 heteroatoms. The quantitative estimate of drug-likeness (QED) is 0.888. The van der Waals surface area contributed by atoms with Crippen LogP contribution in [0.5, 0.6) is 0 Å². The zero-order valence-corrected chi connectivity index (χ0v) is 10.4. The Morgan fingerprint density at radius 3 is 2.47 bits per heavy atom. The van der Waals surface area contributed by atoms with E-state index in [1.54, 1.807) is 31.3 Å². The van der Waals surface area contributed by atoms with Crippen LogP contribution in [0.25, 0.3) is 0 Å². The van der Waals surface area contributed by atoms with Crippen LogP contribution in [0, 0.1) is 5.82 Å². The van der Waals surface area contributed by atoms with Gasteiger partial charge in [0.25, 0.3) is 5.91 Å². The molecule has 98 valence electrons. The molecule has 0 aliphatic carbocycles. The van der Waals surface area contributed by atoms with Crippen LogP contribution in [0.3, 0.4) is 0 Å². The lowest BCUT2D eigenvalue weighted by Crippen LogP contribution is -2.18. The Labute approximate surface area is 110 Å². The Balaban J connectivity index is 2.31. The van der Waals surface area contributed by atoms with Crippen LogP contribution in [0.15, 0.2) is 48.5 Å². The van der Waals surface area contributed by atoms with Gasteiger partial charge in [-0.05, 0) is 35.4 Å². The second-order valence-corrected chi connectivity index (χ2v) is 4.16. The first kappa shape index (κ1) is 13.2. The molecule has 0 radical (unpaired) electrons. The Bertz CT molecular complexity index is 581. The number of nitrogens with one attached hydrogen (secondary N) is 1. The van der Waals surface area contributed by atoms with Crippen LogP contribution < -0.4 is 5.32 Å². The van der Waals surface area contributed by atoms with Gasteiger partial charge in [-0.25, -0.2) is 4.39 Å². The van der Waals surface area contributed by atoms with E-state index in [-0.39, 0.29) is 11.7 Å². The third-order valence-corrected chi connectivity index (χ3v) is 2.88. The van der Waals surface area contributed by atoms with Gasteiger partial charge in [0.1, 0.15) is 11.9 Å². The average Bonchev–Trinajstić information content (AvgIpc) is 2.46. The molecule has 0 saturated heterocycles. The number of aliphatic hydroxyl groups is 1. The van der Waals surface area contributed by atoms with Gasteiger partial charge in [0.15, 0.2) is 0 Å². The predicted molar refractivity (Wildman–Crippen MR) is 70.3 cm³/mol. The Kier molecular flexibility index (Phi) is 3.92. The van der Waals surface area contributed by atoms with Crippen molar-refractivity contribution in [1.29, 1.82) is 0 Å². The molecule has 0 spiro atoms. The van der Waals surface area contributed by atoms with Gasteiger partial charge in [0.05, 0.1) is 0 Å². The second kappa shape index (κ2) is 5.63. The minimum Gasteiger partial charge on any atom is -0.384 e. The number of halogens is 1. The maximum atomic E-state index is 12.8. The summed E-state index contributed by atoms with van der Waals surface area (Å²) in [6, 6.07) is 12.3. The lowest BCUT2D eigenvalue weighted by Gasteiger charge is -2.12. The van der Waals surface area contributed by atoms with Gasteiger partial charge in [-0.15, -0.1) is 0 Å². The van der Waals surface area contributed by atoms with Crippen molar-refractivity contribution >= 4 is 5.91 Å². The highest BCUT2D eigenvalue weighted by atomic mass is 19.1. The van der Waals surface area contributed by atoms with Crippen LogP contribution in [0.2, 0.25) is 0 Å². The third-order valence-electron chi connectivity index (χ3n) is 2.88. The van der Waals surface area contributed by atoms with E-state index in [0.29, 0.717) is 16.7 Å². The van der Waals surface area contributed by atoms with Crippen molar-refractivity contribution in [3.63, 3.8) is 0 Å². The molecular formula is C15H14FNO2. The Morgan fingerprint density at radius 1 is 1.16 bits per heavy atom. The number of hydrogen-bond donors (Lipinski definition) is 2. The van der Waals surface area contributed by atoms with Gasteiger partial charge in [0.2, 0.25) is 0 Å². The van der Waals surface area contributed by atoms with Gasteiger partial charge in [-0.3, -0.25) is 4.79 Å². The van der Waals surface area contributed by atoms with E-state index in [4.69, 9.17) is 0 Å². The summed E-state index contributed by atoms with van der Waals surface area (Å²) in [6.07, 6.45) is -0.884. The molecule has 1 amide bonds. The topological polar surface area (TPSA) is 49.3 Å². The van der Waals surface area contributed by atoms with Gasteiger partial charge < -0.3 is 10.4 Å². The molecule has 0 saturated carbocycles.